The predicted molar refractivity (Wildman–Crippen MR) is 136 cm³/mol. The van der Waals surface area contributed by atoms with Crippen LogP contribution in [-0.2, 0) is 0 Å². The van der Waals surface area contributed by atoms with Gasteiger partial charge in [0.15, 0.2) is 11.5 Å². The molecule has 6 nitrogen and oxygen atoms in total. The molecule has 0 amide bonds. The molecule has 0 aliphatic heterocycles. The lowest BCUT2D eigenvalue weighted by Crippen LogP contribution is -2.20. The van der Waals surface area contributed by atoms with E-state index in [2.05, 4.69) is 16.7 Å². The Morgan fingerprint density at radius 1 is 1.06 bits per heavy atom. The summed E-state index contributed by atoms with van der Waals surface area (Å²) >= 11 is 12.7. The Morgan fingerprint density at radius 3 is 2.56 bits per heavy atom. The van der Waals surface area contributed by atoms with Crippen molar-refractivity contribution >= 4 is 51.3 Å². The number of furan rings is 1. The molecular weight excluding hydrogens is 473 g/mol. The van der Waals surface area contributed by atoms with Crippen LogP contribution in [0.1, 0.15) is 5.56 Å². The quantitative estimate of drug-likeness (QED) is 0.200. The third-order valence-corrected chi connectivity index (χ3v) is 5.65. The van der Waals surface area contributed by atoms with E-state index in [9.17, 15) is 4.79 Å². The first-order valence-electron chi connectivity index (χ1n) is 10.3. The van der Waals surface area contributed by atoms with Crippen LogP contribution in [0.25, 0.3) is 33.5 Å². The molecule has 0 aliphatic carbocycles. The van der Waals surface area contributed by atoms with E-state index in [1.807, 2.05) is 36.4 Å². The van der Waals surface area contributed by atoms with Crippen LogP contribution < -0.4 is 10.3 Å². The zero-order valence-electron chi connectivity index (χ0n) is 17.7. The third kappa shape index (κ3) is 4.09. The van der Waals surface area contributed by atoms with E-state index >= 15 is 0 Å². The van der Waals surface area contributed by atoms with E-state index < -0.39 is 0 Å². The molecule has 0 radical (unpaired) electrons. The highest BCUT2D eigenvalue weighted by Gasteiger charge is 2.16. The maximum absolute atomic E-state index is 13.4. The molecule has 2 aromatic heterocycles. The fourth-order valence-corrected chi connectivity index (χ4v) is 4.15. The number of nitrogens with zero attached hydrogens (tertiary/aromatic N) is 3. The lowest BCUT2D eigenvalue weighted by Gasteiger charge is -2.09. The van der Waals surface area contributed by atoms with Gasteiger partial charge in [-0.15, -0.1) is 0 Å². The molecule has 0 bridgehead atoms. The van der Waals surface area contributed by atoms with Crippen molar-refractivity contribution in [3.63, 3.8) is 0 Å². The average Bonchev–Trinajstić information content (AvgIpc) is 3.27. The van der Waals surface area contributed by atoms with Crippen molar-refractivity contribution in [1.29, 1.82) is 0 Å². The zero-order valence-corrected chi connectivity index (χ0v) is 19.3. The van der Waals surface area contributed by atoms with Crippen LogP contribution in [0.2, 0.25) is 10.0 Å². The maximum Gasteiger partial charge on any atom is 0.282 e. The monoisotopic (exact) mass is 489 g/mol. The fourth-order valence-electron chi connectivity index (χ4n) is 3.54. The molecule has 2 heterocycles. The number of ether oxygens (including phenoxy) is 1. The molecule has 0 spiro atoms. The number of hydrogen-bond acceptors (Lipinski definition) is 5. The molecule has 0 fully saturated rings. The minimum Gasteiger partial charge on any atom is -0.486 e. The Kier molecular flexibility index (Phi) is 5.92. The van der Waals surface area contributed by atoms with E-state index in [0.29, 0.717) is 43.6 Å². The molecule has 0 saturated heterocycles. The van der Waals surface area contributed by atoms with E-state index in [-0.39, 0.29) is 18.0 Å². The van der Waals surface area contributed by atoms with Crippen molar-refractivity contribution in [1.82, 2.24) is 9.66 Å². The summed E-state index contributed by atoms with van der Waals surface area (Å²) in [6, 6.07) is 19.8. The Balaban J connectivity index is 1.65. The van der Waals surface area contributed by atoms with Crippen molar-refractivity contribution in [2.24, 2.45) is 5.10 Å². The molecule has 34 heavy (non-hydrogen) atoms. The van der Waals surface area contributed by atoms with Gasteiger partial charge in [0.05, 0.1) is 27.2 Å². The summed E-state index contributed by atoms with van der Waals surface area (Å²) in [6.07, 6.45) is 3.08. The summed E-state index contributed by atoms with van der Waals surface area (Å²) in [5.74, 6) is 1.05. The number of benzene rings is 3. The minimum atomic E-state index is -0.333. The predicted octanol–water partition coefficient (Wildman–Crippen LogP) is 6.56. The highest BCUT2D eigenvalue weighted by Crippen LogP contribution is 2.34. The number of hydrogen-bond donors (Lipinski definition) is 0. The molecule has 168 valence electrons. The first-order valence-corrected chi connectivity index (χ1v) is 11.1. The van der Waals surface area contributed by atoms with Gasteiger partial charge in [0.25, 0.3) is 5.56 Å². The summed E-state index contributed by atoms with van der Waals surface area (Å²) in [6.45, 7) is 3.88. The van der Waals surface area contributed by atoms with Gasteiger partial charge in [-0.05, 0) is 42.0 Å². The highest BCUT2D eigenvalue weighted by molar-refractivity contribution is 6.37. The molecular formula is C26H17Cl2N3O3. The Morgan fingerprint density at radius 2 is 1.79 bits per heavy atom. The van der Waals surface area contributed by atoms with Crippen molar-refractivity contribution in [3.8, 4) is 17.3 Å². The molecule has 0 aliphatic rings. The van der Waals surface area contributed by atoms with E-state index in [1.165, 1.54) is 10.9 Å². The van der Waals surface area contributed by atoms with Crippen LogP contribution in [0.5, 0.6) is 5.75 Å². The second-order valence-electron chi connectivity index (χ2n) is 7.38. The number of fused-ring (bicyclic) bond motifs is 2. The largest absolute Gasteiger partial charge is 0.486 e. The molecule has 0 saturated carbocycles. The lowest BCUT2D eigenvalue weighted by molar-refractivity contribution is 0.363. The minimum absolute atomic E-state index is 0.270. The molecule has 3 aromatic carbocycles. The van der Waals surface area contributed by atoms with Gasteiger partial charge in [-0.25, -0.2) is 4.98 Å². The summed E-state index contributed by atoms with van der Waals surface area (Å²) < 4.78 is 12.7. The third-order valence-electron chi connectivity index (χ3n) is 5.09. The van der Waals surface area contributed by atoms with Gasteiger partial charge in [-0.2, -0.15) is 9.78 Å². The van der Waals surface area contributed by atoms with Crippen molar-refractivity contribution in [2.75, 3.05) is 6.61 Å². The molecule has 0 N–H and O–H groups in total. The van der Waals surface area contributed by atoms with E-state index in [1.54, 1.807) is 36.4 Å². The van der Waals surface area contributed by atoms with E-state index in [0.717, 1.165) is 5.39 Å². The molecule has 8 heteroatoms. The van der Waals surface area contributed by atoms with Gasteiger partial charge in [0.1, 0.15) is 12.2 Å². The van der Waals surface area contributed by atoms with Gasteiger partial charge < -0.3 is 9.15 Å². The average molecular weight is 490 g/mol. The lowest BCUT2D eigenvalue weighted by atomic mass is 10.2. The Hall–Kier alpha value is -3.87. The topological polar surface area (TPSA) is 69.6 Å². The van der Waals surface area contributed by atoms with Crippen LogP contribution in [0, 0.1) is 0 Å². The second-order valence-corrected chi connectivity index (χ2v) is 8.19. The van der Waals surface area contributed by atoms with Gasteiger partial charge in [-0.1, -0.05) is 66.2 Å². The standard InChI is InChI=1S/C26H17Cl2N3O3/c1-2-11-33-24-19(27)12-16(13-20(24)28)15-29-31-25(23-14-17-7-3-6-10-22(17)34-23)30-21-9-5-4-8-18(21)26(31)32/h2-10,12-15H,1,11H2. The maximum atomic E-state index is 13.4. The second kappa shape index (κ2) is 9.17. The summed E-state index contributed by atoms with van der Waals surface area (Å²) in [7, 11) is 0. The van der Waals surface area contributed by atoms with Crippen LogP contribution in [0.4, 0.5) is 0 Å². The smallest absolute Gasteiger partial charge is 0.282 e. The van der Waals surface area contributed by atoms with Gasteiger partial charge in [-0.3, -0.25) is 4.79 Å². The van der Waals surface area contributed by atoms with Crippen LogP contribution in [0.3, 0.4) is 0 Å². The summed E-state index contributed by atoms with van der Waals surface area (Å²) in [4.78, 5) is 18.0. The zero-order chi connectivity index (χ0) is 23.7. The molecule has 0 unspecified atom stereocenters. The van der Waals surface area contributed by atoms with Crippen LogP contribution in [0.15, 0.2) is 93.7 Å². The Bertz CT molecular complexity index is 1580. The molecule has 0 atom stereocenters. The van der Waals surface area contributed by atoms with Crippen LogP contribution in [-0.4, -0.2) is 22.5 Å². The molecule has 5 aromatic rings. The van der Waals surface area contributed by atoms with Gasteiger partial charge in [0.2, 0.25) is 5.82 Å². The Labute approximate surface area is 204 Å². The van der Waals surface area contributed by atoms with Crippen molar-refractivity contribution in [2.45, 2.75) is 0 Å². The summed E-state index contributed by atoms with van der Waals surface area (Å²) in [5.41, 5.74) is 1.48. The highest BCUT2D eigenvalue weighted by atomic mass is 35.5. The van der Waals surface area contributed by atoms with Crippen LogP contribution >= 0.6 is 23.2 Å². The van der Waals surface area contributed by atoms with Gasteiger partial charge >= 0.3 is 0 Å². The normalized spacial score (nSPS) is 11.5. The van der Waals surface area contributed by atoms with Crippen molar-refractivity contribution < 1.29 is 9.15 Å². The number of para-hydroxylation sites is 2. The van der Waals surface area contributed by atoms with E-state index in [4.69, 9.17) is 32.4 Å². The summed E-state index contributed by atoms with van der Waals surface area (Å²) in [5, 5.41) is 6.39. The van der Waals surface area contributed by atoms with Crippen molar-refractivity contribution in [3.05, 3.63) is 105 Å². The number of rotatable bonds is 6. The van der Waals surface area contributed by atoms with Gasteiger partial charge in [0, 0.05) is 5.39 Å². The number of halogens is 2. The molecule has 5 rings (SSSR count). The first kappa shape index (κ1) is 21.9. The SMILES string of the molecule is C=CCOc1c(Cl)cc(C=Nn2c(-c3cc4ccccc4o3)nc3ccccc3c2=O)cc1Cl. The fraction of sp³-hybridized carbons (Fsp3) is 0.0385. The number of aromatic nitrogens is 2. The first-order chi connectivity index (χ1) is 16.5.